The Labute approximate surface area is 112 Å². The first kappa shape index (κ1) is 14.3. The maximum absolute atomic E-state index is 5.99. The van der Waals surface area contributed by atoms with Gasteiger partial charge in [0.2, 0.25) is 0 Å². The number of hydrogen-bond donors (Lipinski definition) is 1. The molecule has 0 aromatic rings. The zero-order valence-corrected chi connectivity index (χ0v) is 12.2. The van der Waals surface area contributed by atoms with Crippen molar-refractivity contribution in [1.82, 2.24) is 15.1 Å². The molecule has 0 aromatic heterocycles. The van der Waals surface area contributed by atoms with Gasteiger partial charge in [-0.25, -0.2) is 0 Å². The van der Waals surface area contributed by atoms with E-state index in [-0.39, 0.29) is 0 Å². The Kier molecular flexibility index (Phi) is 5.42. The second-order valence-electron chi connectivity index (χ2n) is 5.94. The van der Waals surface area contributed by atoms with Crippen LogP contribution in [0, 0.1) is 0 Å². The van der Waals surface area contributed by atoms with Gasteiger partial charge in [0.15, 0.2) is 0 Å². The van der Waals surface area contributed by atoms with Crippen molar-refractivity contribution in [3.63, 3.8) is 0 Å². The molecule has 2 saturated heterocycles. The van der Waals surface area contributed by atoms with Gasteiger partial charge in [-0.15, -0.1) is 0 Å². The molecule has 0 radical (unpaired) electrons. The second kappa shape index (κ2) is 6.85. The summed E-state index contributed by atoms with van der Waals surface area (Å²) in [5, 5.41) is 3.38. The molecule has 18 heavy (non-hydrogen) atoms. The summed E-state index contributed by atoms with van der Waals surface area (Å²) >= 11 is 0. The summed E-state index contributed by atoms with van der Waals surface area (Å²) in [6.07, 6.45) is 2.85. The Morgan fingerprint density at radius 2 is 1.72 bits per heavy atom. The third-order valence-corrected chi connectivity index (χ3v) is 4.48. The molecular formula is C14H29N3O. The molecule has 2 fully saturated rings. The van der Waals surface area contributed by atoms with Gasteiger partial charge in [0.05, 0.1) is 12.7 Å². The molecular weight excluding hydrogens is 226 g/mol. The topological polar surface area (TPSA) is 27.7 Å². The molecule has 2 aliphatic rings. The fourth-order valence-corrected chi connectivity index (χ4v) is 3.01. The van der Waals surface area contributed by atoms with Gasteiger partial charge >= 0.3 is 0 Å². The van der Waals surface area contributed by atoms with E-state index in [1.807, 2.05) is 0 Å². The number of rotatable bonds is 4. The molecule has 2 aliphatic heterocycles. The van der Waals surface area contributed by atoms with Crippen molar-refractivity contribution in [2.45, 2.75) is 44.9 Å². The predicted molar refractivity (Wildman–Crippen MR) is 75.0 cm³/mol. The molecule has 2 atom stereocenters. The van der Waals surface area contributed by atoms with Crippen molar-refractivity contribution < 1.29 is 4.74 Å². The van der Waals surface area contributed by atoms with E-state index < -0.39 is 0 Å². The highest BCUT2D eigenvalue weighted by Crippen LogP contribution is 2.13. The lowest BCUT2D eigenvalue weighted by atomic mass is 10.1. The zero-order chi connectivity index (χ0) is 13.0. The number of hydrogen-bond acceptors (Lipinski definition) is 4. The molecule has 0 amide bonds. The van der Waals surface area contributed by atoms with Crippen LogP contribution in [0.2, 0.25) is 0 Å². The van der Waals surface area contributed by atoms with E-state index in [9.17, 15) is 0 Å². The minimum atomic E-state index is 0.494. The quantitative estimate of drug-likeness (QED) is 0.803. The van der Waals surface area contributed by atoms with E-state index in [4.69, 9.17) is 4.74 Å². The van der Waals surface area contributed by atoms with Crippen molar-refractivity contribution in [3.8, 4) is 0 Å². The third kappa shape index (κ3) is 3.92. The average molecular weight is 255 g/mol. The highest BCUT2D eigenvalue weighted by molar-refractivity contribution is 4.82. The van der Waals surface area contributed by atoms with Crippen LogP contribution in [0.4, 0.5) is 0 Å². The lowest BCUT2D eigenvalue weighted by Crippen LogP contribution is -2.55. The van der Waals surface area contributed by atoms with Gasteiger partial charge in [-0.1, -0.05) is 0 Å². The molecule has 0 bridgehead atoms. The van der Waals surface area contributed by atoms with Crippen LogP contribution in [0.3, 0.4) is 0 Å². The predicted octanol–water partition coefficient (Wildman–Crippen LogP) is 0.779. The van der Waals surface area contributed by atoms with Crippen molar-refractivity contribution >= 4 is 0 Å². The van der Waals surface area contributed by atoms with Gasteiger partial charge in [-0.05, 0) is 46.8 Å². The Balaban J connectivity index is 1.64. The fraction of sp³-hybridized carbons (Fsp3) is 1.00. The Bertz CT molecular complexity index is 231. The van der Waals surface area contributed by atoms with Crippen molar-refractivity contribution in [1.29, 1.82) is 0 Å². The number of nitrogens with zero attached hydrogens (tertiary/aromatic N) is 2. The molecule has 4 nitrogen and oxygen atoms in total. The van der Waals surface area contributed by atoms with E-state index in [0.29, 0.717) is 18.2 Å². The van der Waals surface area contributed by atoms with E-state index in [1.165, 1.54) is 25.9 Å². The highest BCUT2D eigenvalue weighted by atomic mass is 16.5. The summed E-state index contributed by atoms with van der Waals surface area (Å²) in [5.41, 5.74) is 0. The Hall–Kier alpha value is -0.160. The number of nitrogens with one attached hydrogen (secondary N) is 1. The van der Waals surface area contributed by atoms with Gasteiger partial charge in [0.1, 0.15) is 0 Å². The maximum Gasteiger partial charge on any atom is 0.0600 e. The number of piperidine rings is 1. The van der Waals surface area contributed by atoms with Gasteiger partial charge < -0.3 is 10.1 Å². The SMILES string of the molecule is CC1CN(CCOC2CCNCC2)CC(C)N1C. The van der Waals surface area contributed by atoms with Crippen molar-refractivity contribution in [2.24, 2.45) is 0 Å². The standard InChI is InChI=1S/C14H29N3O/c1-12-10-17(11-13(2)16(12)3)8-9-18-14-4-6-15-7-5-14/h12-15H,4-11H2,1-3H3. The van der Waals surface area contributed by atoms with Crippen LogP contribution in [0.15, 0.2) is 0 Å². The average Bonchev–Trinajstić information content (AvgIpc) is 2.37. The molecule has 2 unspecified atom stereocenters. The van der Waals surface area contributed by atoms with E-state index in [1.54, 1.807) is 0 Å². The number of piperazine rings is 1. The summed E-state index contributed by atoms with van der Waals surface area (Å²) in [5.74, 6) is 0. The monoisotopic (exact) mass is 255 g/mol. The molecule has 0 aromatic carbocycles. The highest BCUT2D eigenvalue weighted by Gasteiger charge is 2.26. The fourth-order valence-electron chi connectivity index (χ4n) is 3.01. The van der Waals surface area contributed by atoms with Crippen LogP contribution >= 0.6 is 0 Å². The first-order chi connectivity index (χ1) is 8.66. The summed E-state index contributed by atoms with van der Waals surface area (Å²) in [6.45, 7) is 11.2. The maximum atomic E-state index is 5.99. The normalized spacial score (nSPS) is 32.8. The van der Waals surface area contributed by atoms with E-state index in [2.05, 4.69) is 36.0 Å². The Morgan fingerprint density at radius 1 is 1.11 bits per heavy atom. The van der Waals surface area contributed by atoms with Crippen LogP contribution in [0.1, 0.15) is 26.7 Å². The minimum absolute atomic E-state index is 0.494. The van der Waals surface area contributed by atoms with E-state index >= 15 is 0 Å². The molecule has 1 N–H and O–H groups in total. The van der Waals surface area contributed by atoms with Gasteiger partial charge in [-0.2, -0.15) is 0 Å². The number of ether oxygens (including phenoxy) is 1. The Morgan fingerprint density at radius 3 is 2.33 bits per heavy atom. The summed E-state index contributed by atoms with van der Waals surface area (Å²) in [6, 6.07) is 1.32. The van der Waals surface area contributed by atoms with Crippen molar-refractivity contribution in [3.05, 3.63) is 0 Å². The third-order valence-electron chi connectivity index (χ3n) is 4.48. The molecule has 0 aliphatic carbocycles. The molecule has 2 rings (SSSR count). The van der Waals surface area contributed by atoms with Crippen LogP contribution in [0.25, 0.3) is 0 Å². The van der Waals surface area contributed by atoms with E-state index in [0.717, 1.165) is 26.2 Å². The molecule has 4 heteroatoms. The van der Waals surface area contributed by atoms with Gasteiger partial charge in [-0.3, -0.25) is 9.80 Å². The molecule has 106 valence electrons. The lowest BCUT2D eigenvalue weighted by Gasteiger charge is -2.42. The van der Waals surface area contributed by atoms with Gasteiger partial charge in [0, 0.05) is 31.7 Å². The zero-order valence-electron chi connectivity index (χ0n) is 12.2. The first-order valence-corrected chi connectivity index (χ1v) is 7.43. The smallest absolute Gasteiger partial charge is 0.0600 e. The lowest BCUT2D eigenvalue weighted by molar-refractivity contribution is -0.000858. The molecule has 2 heterocycles. The van der Waals surface area contributed by atoms with Crippen LogP contribution < -0.4 is 5.32 Å². The van der Waals surface area contributed by atoms with Gasteiger partial charge in [0.25, 0.3) is 0 Å². The molecule has 0 saturated carbocycles. The minimum Gasteiger partial charge on any atom is -0.377 e. The first-order valence-electron chi connectivity index (χ1n) is 7.43. The molecule has 0 spiro atoms. The summed E-state index contributed by atoms with van der Waals surface area (Å²) in [7, 11) is 2.23. The van der Waals surface area contributed by atoms with Crippen molar-refractivity contribution in [2.75, 3.05) is 46.4 Å². The van der Waals surface area contributed by atoms with Crippen LogP contribution in [0.5, 0.6) is 0 Å². The van der Waals surface area contributed by atoms with Crippen LogP contribution in [-0.4, -0.2) is 74.4 Å². The summed E-state index contributed by atoms with van der Waals surface area (Å²) in [4.78, 5) is 5.03. The number of likely N-dealkylation sites (N-methyl/N-ethyl adjacent to an activating group) is 1. The van der Waals surface area contributed by atoms with Crippen LogP contribution in [-0.2, 0) is 4.74 Å². The summed E-state index contributed by atoms with van der Waals surface area (Å²) < 4.78 is 5.99. The second-order valence-corrected chi connectivity index (χ2v) is 5.94. The largest absolute Gasteiger partial charge is 0.377 e.